The Balaban J connectivity index is 2.66. The van der Waals surface area contributed by atoms with Crippen molar-refractivity contribution in [2.45, 2.75) is 6.54 Å². The molecule has 1 aromatic heterocycles. The number of aromatic nitrogens is 1. The third-order valence-corrected chi connectivity index (χ3v) is 2.66. The van der Waals surface area contributed by atoms with Gasteiger partial charge in [0.05, 0.1) is 17.1 Å². The minimum Gasteiger partial charge on any atom is -0.345 e. The Morgan fingerprint density at radius 3 is 2.79 bits per heavy atom. The first kappa shape index (κ1) is 9.81. The van der Waals surface area contributed by atoms with E-state index in [2.05, 4.69) is 0 Å². The average Bonchev–Trinajstić information content (AvgIpc) is 2.49. The molecule has 0 atom stereocenters. The van der Waals surface area contributed by atoms with Crippen LogP contribution in [0.1, 0.15) is 0 Å². The average molecular weight is 232 g/mol. The van der Waals surface area contributed by atoms with Gasteiger partial charge < -0.3 is 4.57 Å². The molecule has 0 unspecified atom stereocenters. The number of alkyl halides is 1. The third kappa shape index (κ3) is 1.60. The lowest BCUT2D eigenvalue weighted by Gasteiger charge is -2.02. The van der Waals surface area contributed by atoms with Crippen molar-refractivity contribution in [2.24, 2.45) is 0 Å². The van der Waals surface area contributed by atoms with E-state index in [-0.39, 0.29) is 0 Å². The molecular weight excluding hydrogens is 224 g/mol. The van der Waals surface area contributed by atoms with Crippen LogP contribution in [0.2, 0.25) is 10.0 Å². The van der Waals surface area contributed by atoms with E-state index in [1.54, 1.807) is 16.7 Å². The Labute approximate surface area is 91.0 Å². The second-order valence-electron chi connectivity index (χ2n) is 3.02. The first-order valence-electron chi connectivity index (χ1n) is 4.22. The van der Waals surface area contributed by atoms with Crippen LogP contribution >= 0.6 is 23.2 Å². The van der Waals surface area contributed by atoms with E-state index in [4.69, 9.17) is 23.2 Å². The fourth-order valence-corrected chi connectivity index (χ4v) is 2.05. The molecule has 1 heterocycles. The van der Waals surface area contributed by atoms with Crippen LogP contribution < -0.4 is 0 Å². The van der Waals surface area contributed by atoms with Gasteiger partial charge in [0.15, 0.2) is 0 Å². The lowest BCUT2D eigenvalue weighted by atomic mass is 10.2. The summed E-state index contributed by atoms with van der Waals surface area (Å²) in [5.41, 5.74) is 0.875. The first-order valence-corrected chi connectivity index (χ1v) is 4.98. The monoisotopic (exact) mass is 231 g/mol. The lowest BCUT2D eigenvalue weighted by molar-refractivity contribution is 0.451. The summed E-state index contributed by atoms with van der Waals surface area (Å²) in [6.45, 7) is -0.0614. The number of hydrogen-bond acceptors (Lipinski definition) is 0. The predicted molar refractivity (Wildman–Crippen MR) is 57.9 cm³/mol. The van der Waals surface area contributed by atoms with Gasteiger partial charge in [0, 0.05) is 16.6 Å². The molecule has 1 nitrogen and oxygen atoms in total. The van der Waals surface area contributed by atoms with Gasteiger partial charge >= 0.3 is 0 Å². The quantitative estimate of drug-likeness (QED) is 0.739. The van der Waals surface area contributed by atoms with Crippen LogP contribution in [0.5, 0.6) is 0 Å². The van der Waals surface area contributed by atoms with Crippen molar-refractivity contribution >= 4 is 34.1 Å². The summed E-state index contributed by atoms with van der Waals surface area (Å²) in [4.78, 5) is 0. The summed E-state index contributed by atoms with van der Waals surface area (Å²) in [6.07, 6.45) is 1.81. The van der Waals surface area contributed by atoms with Crippen LogP contribution in [0.15, 0.2) is 24.4 Å². The van der Waals surface area contributed by atoms with Crippen molar-refractivity contribution < 1.29 is 4.39 Å². The van der Waals surface area contributed by atoms with Crippen LogP contribution in [0, 0.1) is 0 Å². The van der Waals surface area contributed by atoms with Crippen LogP contribution in [0.4, 0.5) is 4.39 Å². The van der Waals surface area contributed by atoms with Crippen molar-refractivity contribution in [3.05, 3.63) is 34.4 Å². The van der Waals surface area contributed by atoms with Crippen molar-refractivity contribution in [1.29, 1.82) is 0 Å². The van der Waals surface area contributed by atoms with E-state index in [0.717, 1.165) is 10.9 Å². The topological polar surface area (TPSA) is 4.93 Å². The molecule has 2 rings (SSSR count). The normalized spacial score (nSPS) is 11.1. The predicted octanol–water partition coefficient (Wildman–Crippen LogP) is 3.92. The zero-order valence-electron chi connectivity index (χ0n) is 7.30. The summed E-state index contributed by atoms with van der Waals surface area (Å²) >= 11 is 11.8. The van der Waals surface area contributed by atoms with Gasteiger partial charge in [0.25, 0.3) is 0 Å². The molecule has 0 aliphatic rings. The van der Waals surface area contributed by atoms with Crippen molar-refractivity contribution in [2.75, 3.05) is 6.67 Å². The number of hydrogen-bond donors (Lipinski definition) is 0. The molecule has 0 saturated heterocycles. The second kappa shape index (κ2) is 3.79. The van der Waals surface area contributed by atoms with E-state index in [9.17, 15) is 4.39 Å². The zero-order chi connectivity index (χ0) is 10.1. The minimum absolute atomic E-state index is 0.334. The van der Waals surface area contributed by atoms with Crippen LogP contribution in [0.25, 0.3) is 10.9 Å². The molecular formula is C10H8Cl2FN. The van der Waals surface area contributed by atoms with E-state index >= 15 is 0 Å². The third-order valence-electron chi connectivity index (χ3n) is 2.13. The molecule has 0 radical (unpaired) electrons. The van der Waals surface area contributed by atoms with Crippen LogP contribution in [0.3, 0.4) is 0 Å². The van der Waals surface area contributed by atoms with Crippen molar-refractivity contribution in [3.63, 3.8) is 0 Å². The molecule has 0 bridgehead atoms. The number of halogens is 3. The summed E-state index contributed by atoms with van der Waals surface area (Å²) in [5, 5.41) is 2.08. The van der Waals surface area contributed by atoms with Gasteiger partial charge in [-0.1, -0.05) is 23.2 Å². The largest absolute Gasteiger partial charge is 0.345 e. The minimum atomic E-state index is -0.395. The second-order valence-corrected chi connectivity index (χ2v) is 3.86. The first-order chi connectivity index (χ1) is 6.72. The maximum atomic E-state index is 12.2. The van der Waals surface area contributed by atoms with Gasteiger partial charge in [-0.2, -0.15) is 0 Å². The summed E-state index contributed by atoms with van der Waals surface area (Å²) < 4.78 is 14.0. The Bertz CT molecular complexity index is 464. The highest BCUT2D eigenvalue weighted by Gasteiger charge is 2.05. The van der Waals surface area contributed by atoms with Gasteiger partial charge in [-0.25, -0.2) is 4.39 Å². The maximum Gasteiger partial charge on any atom is 0.107 e. The highest BCUT2D eigenvalue weighted by atomic mass is 35.5. The summed E-state index contributed by atoms with van der Waals surface area (Å²) in [7, 11) is 0. The number of benzene rings is 1. The van der Waals surface area contributed by atoms with Gasteiger partial charge in [-0.3, -0.25) is 0 Å². The van der Waals surface area contributed by atoms with E-state index in [1.165, 1.54) is 0 Å². The fraction of sp³-hybridized carbons (Fsp3) is 0.200. The van der Waals surface area contributed by atoms with Gasteiger partial charge in [-0.15, -0.1) is 0 Å². The van der Waals surface area contributed by atoms with E-state index in [0.29, 0.717) is 16.6 Å². The molecule has 0 aliphatic heterocycles. The van der Waals surface area contributed by atoms with Crippen LogP contribution in [-0.2, 0) is 6.54 Å². The Morgan fingerprint density at radius 1 is 1.29 bits per heavy atom. The summed E-state index contributed by atoms with van der Waals surface area (Å²) in [5.74, 6) is 0. The van der Waals surface area contributed by atoms with E-state index in [1.807, 2.05) is 12.3 Å². The molecule has 2 aromatic rings. The Hall–Kier alpha value is -0.730. The zero-order valence-corrected chi connectivity index (χ0v) is 8.82. The van der Waals surface area contributed by atoms with Crippen molar-refractivity contribution in [3.8, 4) is 0 Å². The Kier molecular flexibility index (Phi) is 2.66. The molecule has 0 spiro atoms. The number of nitrogens with zero attached hydrogens (tertiary/aromatic N) is 1. The van der Waals surface area contributed by atoms with Gasteiger partial charge in [-0.05, 0) is 18.2 Å². The van der Waals surface area contributed by atoms with Crippen molar-refractivity contribution in [1.82, 2.24) is 4.57 Å². The molecule has 0 N–H and O–H groups in total. The standard InChI is InChI=1S/C10H8Cl2FN/c11-7-5-9(12)8-1-3-14(4-2-13)10(8)6-7/h1,3,5-6H,2,4H2. The summed E-state index contributed by atoms with van der Waals surface area (Å²) in [6, 6.07) is 5.34. The Morgan fingerprint density at radius 2 is 2.07 bits per heavy atom. The van der Waals surface area contributed by atoms with Gasteiger partial charge in [0.1, 0.15) is 6.67 Å². The lowest BCUT2D eigenvalue weighted by Crippen LogP contribution is -1.96. The highest BCUT2D eigenvalue weighted by Crippen LogP contribution is 2.28. The highest BCUT2D eigenvalue weighted by molar-refractivity contribution is 6.38. The molecule has 1 aromatic carbocycles. The smallest absolute Gasteiger partial charge is 0.107 e. The molecule has 0 fully saturated rings. The molecule has 4 heteroatoms. The molecule has 0 aliphatic carbocycles. The molecule has 74 valence electrons. The molecule has 0 amide bonds. The van der Waals surface area contributed by atoms with E-state index < -0.39 is 6.67 Å². The number of aryl methyl sites for hydroxylation is 1. The van der Waals surface area contributed by atoms with Crippen LogP contribution in [-0.4, -0.2) is 11.2 Å². The van der Waals surface area contributed by atoms with Gasteiger partial charge in [0.2, 0.25) is 0 Å². The number of fused-ring (bicyclic) bond motifs is 1. The maximum absolute atomic E-state index is 12.2. The molecule has 14 heavy (non-hydrogen) atoms. The SMILES string of the molecule is FCCn1ccc2c(Cl)cc(Cl)cc21. The number of rotatable bonds is 2. The fourth-order valence-electron chi connectivity index (χ4n) is 1.50. The molecule has 0 saturated carbocycles.